The number of carbonyl (C=O) groups excluding carboxylic acids is 1. The van der Waals surface area contributed by atoms with E-state index in [4.69, 9.17) is 4.74 Å². The topological polar surface area (TPSA) is 79.9 Å². The second kappa shape index (κ2) is 8.55. The van der Waals surface area contributed by atoms with Crippen molar-refractivity contribution in [2.45, 2.75) is 25.6 Å². The van der Waals surface area contributed by atoms with Gasteiger partial charge >= 0.3 is 6.18 Å². The van der Waals surface area contributed by atoms with Crippen LogP contribution in [0.1, 0.15) is 23.1 Å². The second-order valence-electron chi connectivity index (χ2n) is 5.98. The number of ether oxygens (including phenoxy) is 1. The summed E-state index contributed by atoms with van der Waals surface area (Å²) in [5, 5.41) is 9.25. The number of aromatic nitrogens is 3. The first kappa shape index (κ1) is 19.4. The molecule has 0 fully saturated rings. The fourth-order valence-corrected chi connectivity index (χ4v) is 2.45. The van der Waals surface area contributed by atoms with E-state index in [1.165, 1.54) is 18.3 Å². The van der Waals surface area contributed by atoms with Crippen LogP contribution < -0.4 is 10.1 Å². The van der Waals surface area contributed by atoms with Gasteiger partial charge in [-0.05, 0) is 36.2 Å². The molecule has 0 spiro atoms. The normalized spacial score (nSPS) is 11.2. The molecule has 0 saturated carbocycles. The molecule has 0 aliphatic rings. The van der Waals surface area contributed by atoms with Gasteiger partial charge in [-0.15, -0.1) is 0 Å². The quantitative estimate of drug-likeness (QED) is 0.642. The van der Waals surface area contributed by atoms with Crippen LogP contribution in [0, 0.1) is 0 Å². The van der Waals surface area contributed by atoms with Crippen molar-refractivity contribution in [3.8, 4) is 11.6 Å². The number of hydrogen-bond acceptors (Lipinski definition) is 4. The molecule has 1 aromatic carbocycles. The van der Waals surface area contributed by atoms with Crippen LogP contribution in [0.5, 0.6) is 11.6 Å². The molecule has 28 heavy (non-hydrogen) atoms. The Labute approximate surface area is 158 Å². The fraction of sp³-hybridized carbons (Fsp3) is 0.211. The van der Waals surface area contributed by atoms with Gasteiger partial charge in [-0.25, -0.2) is 4.98 Å². The van der Waals surface area contributed by atoms with E-state index < -0.39 is 11.7 Å². The number of halogens is 3. The molecule has 9 heteroatoms. The lowest BCUT2D eigenvalue weighted by Gasteiger charge is -2.12. The van der Waals surface area contributed by atoms with Gasteiger partial charge in [0.2, 0.25) is 11.8 Å². The largest absolute Gasteiger partial charge is 0.439 e. The third kappa shape index (κ3) is 5.32. The molecule has 0 aliphatic heterocycles. The van der Waals surface area contributed by atoms with Gasteiger partial charge in [0, 0.05) is 30.9 Å². The van der Waals surface area contributed by atoms with Gasteiger partial charge in [0.15, 0.2) is 0 Å². The molecule has 3 rings (SSSR count). The molecule has 6 nitrogen and oxygen atoms in total. The molecule has 0 radical (unpaired) electrons. The van der Waals surface area contributed by atoms with Crippen LogP contribution in [0.25, 0.3) is 0 Å². The SMILES string of the molecule is O=C(CCc1cn[nH]c1)NCc1cccnc1Oc1cccc(C(F)(F)F)c1. The summed E-state index contributed by atoms with van der Waals surface area (Å²) in [6.45, 7) is 0.145. The van der Waals surface area contributed by atoms with Crippen LogP contribution >= 0.6 is 0 Å². The highest BCUT2D eigenvalue weighted by atomic mass is 19.4. The number of nitrogens with one attached hydrogen (secondary N) is 2. The highest BCUT2D eigenvalue weighted by Crippen LogP contribution is 2.32. The van der Waals surface area contributed by atoms with E-state index in [2.05, 4.69) is 20.5 Å². The molecular formula is C19H17F3N4O2. The molecule has 2 aromatic heterocycles. The lowest BCUT2D eigenvalue weighted by molar-refractivity contribution is -0.137. The van der Waals surface area contributed by atoms with Gasteiger partial charge in [-0.3, -0.25) is 9.89 Å². The van der Waals surface area contributed by atoms with Crippen molar-refractivity contribution in [2.75, 3.05) is 0 Å². The van der Waals surface area contributed by atoms with Crippen molar-refractivity contribution < 1.29 is 22.7 Å². The van der Waals surface area contributed by atoms with Crippen molar-refractivity contribution in [1.29, 1.82) is 0 Å². The summed E-state index contributed by atoms with van der Waals surface area (Å²) < 4.78 is 44.1. The third-order valence-corrected chi connectivity index (χ3v) is 3.90. The highest BCUT2D eigenvalue weighted by molar-refractivity contribution is 5.76. The van der Waals surface area contributed by atoms with Gasteiger partial charge in [0.25, 0.3) is 0 Å². The van der Waals surface area contributed by atoms with Gasteiger partial charge in [0.05, 0.1) is 11.8 Å². The first-order valence-corrected chi connectivity index (χ1v) is 8.45. The average molecular weight is 390 g/mol. The van der Waals surface area contributed by atoms with Crippen molar-refractivity contribution in [3.63, 3.8) is 0 Å². The van der Waals surface area contributed by atoms with Crippen LogP contribution in [0.15, 0.2) is 55.0 Å². The molecule has 0 bridgehead atoms. The van der Waals surface area contributed by atoms with E-state index in [1.54, 1.807) is 24.5 Å². The molecule has 0 saturated heterocycles. The van der Waals surface area contributed by atoms with Crippen LogP contribution in [0.2, 0.25) is 0 Å². The second-order valence-corrected chi connectivity index (χ2v) is 5.98. The molecular weight excluding hydrogens is 373 g/mol. The molecule has 0 unspecified atom stereocenters. The first-order valence-electron chi connectivity index (χ1n) is 8.45. The lowest BCUT2D eigenvalue weighted by Crippen LogP contribution is -2.23. The summed E-state index contributed by atoms with van der Waals surface area (Å²) in [5.74, 6) is -0.0203. The molecule has 0 atom stereocenters. The van der Waals surface area contributed by atoms with Crippen LogP contribution in [-0.2, 0) is 23.9 Å². The molecule has 2 N–H and O–H groups in total. The summed E-state index contributed by atoms with van der Waals surface area (Å²) in [6.07, 6.45) is 1.19. The van der Waals surface area contributed by atoms with Crippen molar-refractivity contribution in [1.82, 2.24) is 20.5 Å². The number of aryl methyl sites for hydroxylation is 1. The van der Waals surface area contributed by atoms with Crippen molar-refractivity contribution in [3.05, 3.63) is 71.7 Å². The molecule has 3 aromatic rings. The highest BCUT2D eigenvalue weighted by Gasteiger charge is 2.30. The Morgan fingerprint density at radius 1 is 1.21 bits per heavy atom. The lowest BCUT2D eigenvalue weighted by atomic mass is 10.2. The number of hydrogen-bond donors (Lipinski definition) is 2. The number of benzene rings is 1. The van der Waals surface area contributed by atoms with E-state index in [1.807, 2.05) is 0 Å². The maximum absolute atomic E-state index is 12.8. The smallest absolute Gasteiger partial charge is 0.416 e. The minimum atomic E-state index is -4.46. The zero-order valence-electron chi connectivity index (χ0n) is 14.7. The summed E-state index contributed by atoms with van der Waals surface area (Å²) in [4.78, 5) is 16.1. The summed E-state index contributed by atoms with van der Waals surface area (Å²) in [6, 6.07) is 7.89. The van der Waals surface area contributed by atoms with E-state index in [-0.39, 0.29) is 30.5 Å². The fourth-order valence-electron chi connectivity index (χ4n) is 2.45. The minimum Gasteiger partial charge on any atom is -0.439 e. The van der Waals surface area contributed by atoms with Crippen molar-refractivity contribution >= 4 is 5.91 Å². The Morgan fingerprint density at radius 2 is 2.07 bits per heavy atom. The predicted molar refractivity (Wildman–Crippen MR) is 94.5 cm³/mol. The Bertz CT molecular complexity index is 927. The average Bonchev–Trinajstić information content (AvgIpc) is 3.19. The van der Waals surface area contributed by atoms with Crippen molar-refractivity contribution in [2.24, 2.45) is 0 Å². The number of amides is 1. The van der Waals surface area contributed by atoms with Gasteiger partial charge in [0.1, 0.15) is 5.75 Å². The number of pyridine rings is 1. The number of rotatable bonds is 7. The van der Waals surface area contributed by atoms with Gasteiger partial charge in [-0.1, -0.05) is 12.1 Å². The summed E-state index contributed by atoms with van der Waals surface area (Å²) in [7, 11) is 0. The van der Waals surface area contributed by atoms with Gasteiger partial charge in [-0.2, -0.15) is 18.3 Å². The molecule has 146 valence electrons. The van der Waals surface area contributed by atoms with E-state index in [9.17, 15) is 18.0 Å². The molecule has 1 amide bonds. The van der Waals surface area contributed by atoms with Crippen LogP contribution in [-0.4, -0.2) is 21.1 Å². The standard InChI is InChI=1S/C19H17F3N4O2/c20-19(21,22)15-4-1-5-16(9-15)28-18-14(3-2-8-23-18)12-24-17(27)7-6-13-10-25-26-11-13/h1-5,8-11H,6-7,12H2,(H,24,27)(H,25,26). The predicted octanol–water partition coefficient (Wildman–Crippen LogP) is 3.86. The zero-order chi connectivity index (χ0) is 20.0. The Hall–Kier alpha value is -3.36. The van der Waals surface area contributed by atoms with Crippen LogP contribution in [0.3, 0.4) is 0 Å². The number of nitrogens with zero attached hydrogens (tertiary/aromatic N) is 2. The summed E-state index contributed by atoms with van der Waals surface area (Å²) >= 11 is 0. The number of carbonyl (C=O) groups is 1. The molecule has 2 heterocycles. The molecule has 0 aliphatic carbocycles. The van der Waals surface area contributed by atoms with Gasteiger partial charge < -0.3 is 10.1 Å². The third-order valence-electron chi connectivity index (χ3n) is 3.90. The minimum absolute atomic E-state index is 0.0149. The van der Waals surface area contributed by atoms with Crippen LogP contribution in [0.4, 0.5) is 13.2 Å². The Kier molecular flexibility index (Phi) is 5.93. The number of aromatic amines is 1. The zero-order valence-corrected chi connectivity index (χ0v) is 14.7. The number of alkyl halides is 3. The van der Waals surface area contributed by atoms with E-state index in [0.717, 1.165) is 17.7 Å². The van der Waals surface area contributed by atoms with E-state index >= 15 is 0 Å². The summed E-state index contributed by atoms with van der Waals surface area (Å²) in [5.41, 5.74) is 0.664. The monoisotopic (exact) mass is 390 g/mol. The maximum Gasteiger partial charge on any atom is 0.416 e. The first-order chi connectivity index (χ1) is 13.4. The number of H-pyrrole nitrogens is 1. The Balaban J connectivity index is 1.62. The van der Waals surface area contributed by atoms with E-state index in [0.29, 0.717) is 12.0 Å². The maximum atomic E-state index is 12.8. The Morgan fingerprint density at radius 3 is 2.82 bits per heavy atom.